The molecule has 102 valence electrons. The SMILES string of the molecule is N#Cc1ncccc1S(=O)(=O)Nc1ccc(N)cc1F. The minimum Gasteiger partial charge on any atom is -0.399 e. The molecule has 3 N–H and O–H groups in total. The Kier molecular flexibility index (Phi) is 3.54. The Morgan fingerprint density at radius 3 is 2.75 bits per heavy atom. The van der Waals surface area contributed by atoms with Crippen molar-refractivity contribution < 1.29 is 12.8 Å². The van der Waals surface area contributed by atoms with E-state index in [1.165, 1.54) is 30.5 Å². The molecule has 0 radical (unpaired) electrons. The van der Waals surface area contributed by atoms with E-state index in [0.29, 0.717) is 0 Å². The summed E-state index contributed by atoms with van der Waals surface area (Å²) in [6.07, 6.45) is 1.29. The average molecular weight is 292 g/mol. The summed E-state index contributed by atoms with van der Waals surface area (Å²) in [4.78, 5) is 3.33. The maximum Gasteiger partial charge on any atom is 0.264 e. The van der Waals surface area contributed by atoms with Crippen molar-refractivity contribution in [3.05, 3.63) is 48.0 Å². The number of hydrogen-bond acceptors (Lipinski definition) is 5. The number of nitrogens with one attached hydrogen (secondary N) is 1. The van der Waals surface area contributed by atoms with E-state index in [1.54, 1.807) is 6.07 Å². The van der Waals surface area contributed by atoms with Crippen molar-refractivity contribution in [1.82, 2.24) is 4.98 Å². The highest BCUT2D eigenvalue weighted by Gasteiger charge is 2.20. The number of benzene rings is 1. The van der Waals surface area contributed by atoms with E-state index in [-0.39, 0.29) is 22.0 Å². The van der Waals surface area contributed by atoms with Gasteiger partial charge in [-0.25, -0.2) is 17.8 Å². The fourth-order valence-corrected chi connectivity index (χ4v) is 2.68. The van der Waals surface area contributed by atoms with E-state index in [9.17, 15) is 12.8 Å². The molecule has 20 heavy (non-hydrogen) atoms. The molecule has 0 aliphatic rings. The van der Waals surface area contributed by atoms with Gasteiger partial charge in [-0.15, -0.1) is 0 Å². The third-order valence-corrected chi connectivity index (χ3v) is 3.80. The lowest BCUT2D eigenvalue weighted by molar-refractivity contribution is 0.598. The highest BCUT2D eigenvalue weighted by Crippen LogP contribution is 2.21. The maximum absolute atomic E-state index is 13.6. The van der Waals surface area contributed by atoms with Gasteiger partial charge in [-0.05, 0) is 30.3 Å². The van der Waals surface area contributed by atoms with E-state index in [1.807, 2.05) is 0 Å². The van der Waals surface area contributed by atoms with Crippen molar-refractivity contribution in [2.75, 3.05) is 10.5 Å². The zero-order valence-electron chi connectivity index (χ0n) is 10.0. The summed E-state index contributed by atoms with van der Waals surface area (Å²) in [6, 6.07) is 7.80. The van der Waals surface area contributed by atoms with Crippen molar-refractivity contribution in [3.63, 3.8) is 0 Å². The minimum absolute atomic E-state index is 0.171. The second-order valence-corrected chi connectivity index (χ2v) is 5.46. The van der Waals surface area contributed by atoms with Crippen molar-refractivity contribution in [3.8, 4) is 6.07 Å². The van der Waals surface area contributed by atoms with Crippen molar-refractivity contribution in [1.29, 1.82) is 5.26 Å². The Balaban J connectivity index is 2.44. The Bertz CT molecular complexity index is 799. The van der Waals surface area contributed by atoms with Gasteiger partial charge in [0.2, 0.25) is 0 Å². The van der Waals surface area contributed by atoms with Crippen LogP contribution in [0.25, 0.3) is 0 Å². The zero-order chi connectivity index (χ0) is 14.8. The molecule has 0 saturated heterocycles. The number of sulfonamides is 1. The molecule has 0 atom stereocenters. The molecule has 0 bridgehead atoms. The first-order valence-electron chi connectivity index (χ1n) is 5.37. The summed E-state index contributed by atoms with van der Waals surface area (Å²) in [5.74, 6) is -0.809. The number of halogens is 1. The number of pyridine rings is 1. The first kappa shape index (κ1) is 13.8. The molecule has 0 spiro atoms. The Morgan fingerprint density at radius 2 is 2.10 bits per heavy atom. The van der Waals surface area contributed by atoms with Crippen LogP contribution < -0.4 is 10.5 Å². The van der Waals surface area contributed by atoms with Gasteiger partial charge in [-0.2, -0.15) is 5.26 Å². The van der Waals surface area contributed by atoms with Gasteiger partial charge in [-0.3, -0.25) is 4.72 Å². The largest absolute Gasteiger partial charge is 0.399 e. The molecule has 0 unspecified atom stereocenters. The molecule has 6 nitrogen and oxygen atoms in total. The molecular formula is C12H9FN4O2S. The number of nitriles is 1. The van der Waals surface area contributed by atoms with Crippen molar-refractivity contribution in [2.45, 2.75) is 4.90 Å². The molecular weight excluding hydrogens is 283 g/mol. The monoisotopic (exact) mass is 292 g/mol. The van der Waals surface area contributed by atoms with E-state index in [2.05, 4.69) is 9.71 Å². The van der Waals surface area contributed by atoms with Crippen molar-refractivity contribution >= 4 is 21.4 Å². The van der Waals surface area contributed by atoms with Crippen molar-refractivity contribution in [2.24, 2.45) is 0 Å². The highest BCUT2D eigenvalue weighted by molar-refractivity contribution is 7.92. The van der Waals surface area contributed by atoms with E-state index >= 15 is 0 Å². The predicted octanol–water partition coefficient (Wildman–Crippen LogP) is 1.48. The minimum atomic E-state index is -4.11. The van der Waals surface area contributed by atoms with Crippen LogP contribution in [0.15, 0.2) is 41.4 Å². The lowest BCUT2D eigenvalue weighted by Crippen LogP contribution is -2.16. The molecule has 0 saturated carbocycles. The predicted molar refractivity (Wildman–Crippen MR) is 70.6 cm³/mol. The van der Waals surface area contributed by atoms with Crippen LogP contribution >= 0.6 is 0 Å². The number of nitrogens with two attached hydrogens (primary N) is 1. The van der Waals surface area contributed by atoms with Gasteiger partial charge >= 0.3 is 0 Å². The quantitative estimate of drug-likeness (QED) is 0.833. The first-order chi connectivity index (χ1) is 9.44. The lowest BCUT2D eigenvalue weighted by atomic mass is 10.3. The summed E-state index contributed by atoms with van der Waals surface area (Å²) < 4.78 is 39.9. The fraction of sp³-hybridized carbons (Fsp3) is 0. The molecule has 2 rings (SSSR count). The van der Waals surface area contributed by atoms with Crippen LogP contribution in [0.5, 0.6) is 0 Å². The normalized spacial score (nSPS) is 10.8. The summed E-state index contributed by atoms with van der Waals surface area (Å²) in [6.45, 7) is 0. The van der Waals surface area contributed by atoms with Crippen LogP contribution in [0.4, 0.5) is 15.8 Å². The topological polar surface area (TPSA) is 109 Å². The summed E-state index contributed by atoms with van der Waals surface area (Å²) in [5, 5.41) is 8.84. The van der Waals surface area contributed by atoms with E-state index in [4.69, 9.17) is 11.0 Å². The zero-order valence-corrected chi connectivity index (χ0v) is 10.9. The molecule has 2 aromatic rings. The molecule has 0 amide bonds. The van der Waals surface area contributed by atoms with Gasteiger partial charge in [0.05, 0.1) is 5.69 Å². The lowest BCUT2D eigenvalue weighted by Gasteiger charge is -2.09. The van der Waals surface area contributed by atoms with Crippen LogP contribution in [-0.2, 0) is 10.0 Å². The molecule has 1 heterocycles. The number of hydrogen-bond donors (Lipinski definition) is 2. The second-order valence-electron chi connectivity index (χ2n) is 3.81. The van der Waals surface area contributed by atoms with Gasteiger partial charge in [-0.1, -0.05) is 0 Å². The Hall–Kier alpha value is -2.66. The van der Waals surface area contributed by atoms with Gasteiger partial charge in [0.1, 0.15) is 16.8 Å². The van der Waals surface area contributed by atoms with Crippen LogP contribution in [0.3, 0.4) is 0 Å². The molecule has 1 aromatic carbocycles. The van der Waals surface area contributed by atoms with Gasteiger partial charge in [0.25, 0.3) is 10.0 Å². The third-order valence-electron chi connectivity index (χ3n) is 2.40. The van der Waals surface area contributed by atoms with Gasteiger partial charge in [0.15, 0.2) is 5.69 Å². The van der Waals surface area contributed by atoms with Crippen LogP contribution in [0, 0.1) is 17.1 Å². The Labute approximate surface area is 114 Å². The maximum atomic E-state index is 13.6. The molecule has 0 aliphatic carbocycles. The van der Waals surface area contributed by atoms with Crippen LogP contribution in [-0.4, -0.2) is 13.4 Å². The molecule has 8 heteroatoms. The van der Waals surface area contributed by atoms with E-state index in [0.717, 1.165) is 6.07 Å². The van der Waals surface area contributed by atoms with Gasteiger partial charge in [0, 0.05) is 11.9 Å². The van der Waals surface area contributed by atoms with E-state index < -0.39 is 15.8 Å². The number of anilines is 2. The second kappa shape index (κ2) is 5.14. The number of nitrogen functional groups attached to an aromatic ring is 1. The standard InChI is InChI=1S/C12H9FN4O2S/c13-9-6-8(15)3-4-10(9)17-20(18,19)12-2-1-5-16-11(12)7-14/h1-6,17H,15H2. The number of rotatable bonds is 3. The van der Waals surface area contributed by atoms with Gasteiger partial charge < -0.3 is 5.73 Å². The Morgan fingerprint density at radius 1 is 1.35 bits per heavy atom. The average Bonchev–Trinajstić information content (AvgIpc) is 2.42. The summed E-state index contributed by atoms with van der Waals surface area (Å²) >= 11 is 0. The number of nitrogens with zero attached hydrogens (tertiary/aromatic N) is 2. The third kappa shape index (κ3) is 2.67. The smallest absolute Gasteiger partial charge is 0.264 e. The van der Waals surface area contributed by atoms with Crippen LogP contribution in [0.2, 0.25) is 0 Å². The molecule has 0 aliphatic heterocycles. The number of aromatic nitrogens is 1. The molecule has 0 fully saturated rings. The first-order valence-corrected chi connectivity index (χ1v) is 6.85. The summed E-state index contributed by atoms with van der Waals surface area (Å²) in [7, 11) is -4.11. The van der Waals surface area contributed by atoms with Crippen LogP contribution in [0.1, 0.15) is 5.69 Å². The fourth-order valence-electron chi connectivity index (χ4n) is 1.51. The highest BCUT2D eigenvalue weighted by atomic mass is 32.2. The molecule has 1 aromatic heterocycles. The summed E-state index contributed by atoms with van der Waals surface area (Å²) in [5.41, 5.74) is 5.02.